The Bertz CT molecular complexity index is 1750. The monoisotopic (exact) mass is 700 g/mol. The number of rotatable bonds is 10. The fraction of sp³-hybridized carbons (Fsp3) is 0.514. The van der Waals surface area contributed by atoms with Crippen molar-refractivity contribution in [1.82, 2.24) is 40.4 Å². The van der Waals surface area contributed by atoms with Gasteiger partial charge in [-0.15, -0.1) is 0 Å². The molecule has 1 aliphatic carbocycles. The molecule has 2 saturated heterocycles. The number of benzene rings is 1. The molecule has 3 aromatic rings. The molecule has 0 saturated carbocycles. The summed E-state index contributed by atoms with van der Waals surface area (Å²) in [7, 11) is 2.57. The summed E-state index contributed by atoms with van der Waals surface area (Å²) in [6.07, 6.45) is 10.9. The van der Waals surface area contributed by atoms with Crippen LogP contribution in [0.2, 0.25) is 0 Å². The molecule has 2 aliphatic heterocycles. The van der Waals surface area contributed by atoms with Crippen molar-refractivity contribution in [1.29, 1.82) is 0 Å². The fourth-order valence-corrected chi connectivity index (χ4v) is 7.50. The number of amides is 4. The van der Waals surface area contributed by atoms with Gasteiger partial charge >= 0.3 is 12.2 Å². The van der Waals surface area contributed by atoms with Crippen LogP contribution in [0.5, 0.6) is 0 Å². The van der Waals surface area contributed by atoms with Gasteiger partial charge in [0.2, 0.25) is 11.8 Å². The Morgan fingerprint density at radius 2 is 1.49 bits per heavy atom. The highest BCUT2D eigenvalue weighted by molar-refractivity contribution is 5.86. The first-order valence-corrected chi connectivity index (χ1v) is 17.8. The SMILES string of the molecule is COC(=O)NCC(=O)N1CCC[C@H]1c1ncc(C2=CCC(c3ccc(-c4cnc([C@@H]5CCCN5C(=O)C(NC(=O)OC)C(C)C)[nH]4)cc3)CC2)[nH]1. The van der Waals surface area contributed by atoms with Crippen molar-refractivity contribution in [3.63, 3.8) is 0 Å². The van der Waals surface area contributed by atoms with E-state index in [-0.39, 0.29) is 36.4 Å². The van der Waals surface area contributed by atoms with Crippen LogP contribution in [0.1, 0.15) is 99.7 Å². The molecule has 2 unspecified atom stereocenters. The first-order valence-electron chi connectivity index (χ1n) is 17.8. The molecule has 1 aromatic carbocycles. The number of carbonyl (C=O) groups excluding carboxylic acids is 4. The summed E-state index contributed by atoms with van der Waals surface area (Å²) in [5.41, 5.74) is 5.42. The minimum atomic E-state index is -0.674. The number of aromatic nitrogens is 4. The summed E-state index contributed by atoms with van der Waals surface area (Å²) < 4.78 is 9.33. The molecule has 4 N–H and O–H groups in total. The van der Waals surface area contributed by atoms with Crippen LogP contribution in [0, 0.1) is 5.92 Å². The van der Waals surface area contributed by atoms with Crippen LogP contribution < -0.4 is 10.6 Å². The molecule has 272 valence electrons. The van der Waals surface area contributed by atoms with Crippen molar-refractivity contribution in [3.8, 4) is 11.3 Å². The minimum Gasteiger partial charge on any atom is -0.453 e. The summed E-state index contributed by atoms with van der Waals surface area (Å²) in [5.74, 6) is 1.55. The Morgan fingerprint density at radius 1 is 0.863 bits per heavy atom. The lowest BCUT2D eigenvalue weighted by Gasteiger charge is -2.30. The summed E-state index contributed by atoms with van der Waals surface area (Å²) in [5, 5.41) is 5.17. The Hall–Kier alpha value is -5.14. The van der Waals surface area contributed by atoms with E-state index in [1.165, 1.54) is 25.4 Å². The van der Waals surface area contributed by atoms with Gasteiger partial charge in [-0.25, -0.2) is 19.6 Å². The van der Waals surface area contributed by atoms with Crippen molar-refractivity contribution in [2.45, 2.75) is 82.8 Å². The molecule has 6 rings (SSSR count). The number of hydrogen-bond acceptors (Lipinski definition) is 8. The lowest BCUT2D eigenvalue weighted by Crippen LogP contribution is -2.51. The third-order valence-electron chi connectivity index (χ3n) is 10.3. The van der Waals surface area contributed by atoms with Crippen molar-refractivity contribution in [3.05, 3.63) is 65.6 Å². The minimum absolute atomic E-state index is 0.0930. The molecule has 0 bridgehead atoms. The molecular formula is C37H48N8O6. The number of imidazole rings is 2. The van der Waals surface area contributed by atoms with E-state index in [4.69, 9.17) is 4.74 Å². The quantitative estimate of drug-likeness (QED) is 0.223. The molecule has 3 aliphatic rings. The second kappa shape index (κ2) is 15.8. The lowest BCUT2D eigenvalue weighted by atomic mass is 9.83. The summed E-state index contributed by atoms with van der Waals surface area (Å²) in [4.78, 5) is 69.5. The Labute approximate surface area is 297 Å². The van der Waals surface area contributed by atoms with E-state index in [9.17, 15) is 19.2 Å². The zero-order valence-corrected chi connectivity index (χ0v) is 29.7. The van der Waals surface area contributed by atoms with Crippen LogP contribution >= 0.6 is 0 Å². The second-order valence-electron chi connectivity index (χ2n) is 13.8. The summed E-state index contributed by atoms with van der Waals surface area (Å²) >= 11 is 0. The first kappa shape index (κ1) is 35.7. The van der Waals surface area contributed by atoms with Crippen molar-refractivity contribution in [2.24, 2.45) is 5.92 Å². The van der Waals surface area contributed by atoms with Gasteiger partial charge in [0.25, 0.3) is 0 Å². The van der Waals surface area contributed by atoms with Crippen LogP contribution in [0.25, 0.3) is 16.8 Å². The smallest absolute Gasteiger partial charge is 0.407 e. The Balaban J connectivity index is 1.06. The van der Waals surface area contributed by atoms with Crippen LogP contribution in [0.15, 0.2) is 42.7 Å². The Morgan fingerprint density at radius 3 is 2.12 bits per heavy atom. The average Bonchev–Trinajstić information content (AvgIpc) is 3.99. The number of H-pyrrole nitrogens is 2. The maximum atomic E-state index is 13.5. The van der Waals surface area contributed by atoms with Crippen LogP contribution in [0.4, 0.5) is 9.59 Å². The normalized spacial score (nSPS) is 21.0. The van der Waals surface area contributed by atoms with Gasteiger partial charge < -0.3 is 39.9 Å². The number of hydrogen-bond donors (Lipinski definition) is 4. The Kier molecular flexibility index (Phi) is 11.1. The van der Waals surface area contributed by atoms with Gasteiger partial charge in [0.05, 0.1) is 50.1 Å². The lowest BCUT2D eigenvalue weighted by molar-refractivity contribution is -0.135. The summed E-state index contributed by atoms with van der Waals surface area (Å²) in [6, 6.07) is 7.61. The molecule has 14 heteroatoms. The molecule has 2 fully saturated rings. The van der Waals surface area contributed by atoms with E-state index >= 15 is 0 Å². The van der Waals surface area contributed by atoms with Gasteiger partial charge in [-0.3, -0.25) is 9.59 Å². The second-order valence-corrected chi connectivity index (χ2v) is 13.8. The van der Waals surface area contributed by atoms with Gasteiger partial charge in [-0.2, -0.15) is 0 Å². The van der Waals surface area contributed by atoms with Crippen LogP contribution in [-0.4, -0.2) is 93.6 Å². The van der Waals surface area contributed by atoms with E-state index in [1.807, 2.05) is 31.1 Å². The zero-order valence-electron chi connectivity index (χ0n) is 29.7. The third kappa shape index (κ3) is 7.94. The van der Waals surface area contributed by atoms with Crippen molar-refractivity contribution in [2.75, 3.05) is 33.9 Å². The largest absolute Gasteiger partial charge is 0.453 e. The molecule has 0 radical (unpaired) electrons. The van der Waals surface area contributed by atoms with E-state index in [0.717, 1.165) is 73.5 Å². The molecule has 14 nitrogen and oxygen atoms in total. The highest BCUT2D eigenvalue weighted by Gasteiger charge is 2.37. The third-order valence-corrected chi connectivity index (χ3v) is 10.3. The van der Waals surface area contributed by atoms with Crippen LogP contribution in [0.3, 0.4) is 0 Å². The predicted molar refractivity (Wildman–Crippen MR) is 189 cm³/mol. The molecule has 4 heterocycles. The van der Waals surface area contributed by atoms with E-state index in [2.05, 4.69) is 65.6 Å². The van der Waals surface area contributed by atoms with E-state index < -0.39 is 18.2 Å². The number of methoxy groups -OCH3 is 2. The molecule has 4 amide bonds. The van der Waals surface area contributed by atoms with Crippen molar-refractivity contribution >= 4 is 29.6 Å². The van der Waals surface area contributed by atoms with Gasteiger partial charge in [0.15, 0.2) is 0 Å². The van der Waals surface area contributed by atoms with Crippen LogP contribution in [-0.2, 0) is 19.1 Å². The molecule has 0 spiro atoms. The molecule has 2 aromatic heterocycles. The average molecular weight is 701 g/mol. The number of nitrogens with one attached hydrogen (secondary N) is 4. The van der Waals surface area contributed by atoms with Crippen molar-refractivity contribution < 1.29 is 28.7 Å². The molecular weight excluding hydrogens is 652 g/mol. The van der Waals surface area contributed by atoms with Gasteiger partial charge in [-0.05, 0) is 73.5 Å². The first-order chi connectivity index (χ1) is 24.7. The maximum absolute atomic E-state index is 13.5. The highest BCUT2D eigenvalue weighted by Crippen LogP contribution is 2.38. The standard InChI is InChI=1S/C37H48N8O6/c1-22(2)32(43-37(49)51-4)35(47)45-18-6-8-30(45)34-39-20-28(42-34)26-15-11-24(12-16-26)23-9-13-25(14-10-23)27-19-38-33(41-27)29-7-5-17-44(29)31(46)21-40-36(48)50-3/h11-13,15-16,19-20,22-23,29-30,32H,5-10,14,17-18,21H2,1-4H3,(H,38,41)(H,39,42)(H,40,48)(H,43,49)/t23?,29-,30-,32?/m0/s1. The number of alkyl carbamates (subject to hydrolysis) is 2. The maximum Gasteiger partial charge on any atom is 0.407 e. The molecule has 51 heavy (non-hydrogen) atoms. The topological polar surface area (TPSA) is 175 Å². The fourth-order valence-electron chi connectivity index (χ4n) is 7.50. The molecule has 4 atom stereocenters. The predicted octanol–water partition coefficient (Wildman–Crippen LogP) is 5.21. The number of carbonyl (C=O) groups is 4. The summed E-state index contributed by atoms with van der Waals surface area (Å²) in [6.45, 7) is 4.94. The number of ether oxygens (including phenoxy) is 2. The zero-order chi connectivity index (χ0) is 36.1. The van der Waals surface area contributed by atoms with E-state index in [0.29, 0.717) is 19.0 Å². The number of nitrogens with zero attached hydrogens (tertiary/aromatic N) is 4. The highest BCUT2D eigenvalue weighted by atomic mass is 16.5. The number of allylic oxidation sites excluding steroid dienone is 2. The van der Waals surface area contributed by atoms with Gasteiger partial charge in [-0.1, -0.05) is 44.2 Å². The van der Waals surface area contributed by atoms with Gasteiger partial charge in [0, 0.05) is 13.1 Å². The number of aromatic amines is 2. The van der Waals surface area contributed by atoms with E-state index in [1.54, 1.807) is 4.90 Å². The van der Waals surface area contributed by atoms with Gasteiger partial charge in [0.1, 0.15) is 24.2 Å². The number of likely N-dealkylation sites (tertiary alicyclic amines) is 2.